The Morgan fingerprint density at radius 2 is 2.00 bits per heavy atom. The predicted molar refractivity (Wildman–Crippen MR) is 100 cm³/mol. The zero-order valence-electron chi connectivity index (χ0n) is 16.1. The molecule has 138 valence electrons. The van der Waals surface area contributed by atoms with Gasteiger partial charge in [0.15, 0.2) is 11.5 Å². The minimum absolute atomic E-state index is 0.0928. The fraction of sp³-hybridized carbons (Fsp3) is 0.556. The van der Waals surface area contributed by atoms with Gasteiger partial charge in [-0.05, 0) is 32.2 Å². The largest absolute Gasteiger partial charge is 0.352 e. The molecule has 1 N–H and O–H groups in total. The summed E-state index contributed by atoms with van der Waals surface area (Å²) < 4.78 is 1.87. The van der Waals surface area contributed by atoms with Crippen LogP contribution in [0.3, 0.4) is 0 Å². The highest BCUT2D eigenvalue weighted by atomic mass is 15.4. The second kappa shape index (κ2) is 6.05. The molecule has 0 radical (unpaired) electrons. The van der Waals surface area contributed by atoms with E-state index in [0.29, 0.717) is 6.04 Å². The van der Waals surface area contributed by atoms with Crippen LogP contribution in [-0.2, 0) is 12.0 Å². The van der Waals surface area contributed by atoms with Crippen LogP contribution >= 0.6 is 0 Å². The number of likely N-dealkylation sites (N-methyl/N-ethyl adjacent to an activating group) is 1. The van der Waals surface area contributed by atoms with Gasteiger partial charge in [0.05, 0.1) is 5.69 Å². The maximum atomic E-state index is 4.79. The lowest BCUT2D eigenvalue weighted by Crippen LogP contribution is -2.58. The van der Waals surface area contributed by atoms with Gasteiger partial charge in [-0.15, -0.1) is 15.3 Å². The van der Waals surface area contributed by atoms with Crippen molar-refractivity contribution in [3.05, 3.63) is 35.4 Å². The Labute approximate surface area is 153 Å². The standard InChI is InChI=1S/C18H26N8/c1-12-8-13(20-19-12)9-24(5)14-10-25(11-14)16-7-6-15-21-22-17(18(2,3)4)26(15)23-16/h6-8,14H,9-11H2,1-5H3,(H,19,20). The van der Waals surface area contributed by atoms with E-state index in [2.05, 4.69) is 64.1 Å². The number of hydrogen-bond donors (Lipinski definition) is 1. The van der Waals surface area contributed by atoms with E-state index in [1.807, 2.05) is 23.6 Å². The molecule has 0 aromatic carbocycles. The van der Waals surface area contributed by atoms with E-state index in [9.17, 15) is 0 Å². The highest BCUT2D eigenvalue weighted by molar-refractivity contribution is 5.48. The maximum absolute atomic E-state index is 4.79. The van der Waals surface area contributed by atoms with Crippen molar-refractivity contribution >= 4 is 11.5 Å². The average Bonchev–Trinajstić information content (AvgIpc) is 3.11. The third kappa shape index (κ3) is 3.05. The van der Waals surface area contributed by atoms with Crippen LogP contribution in [0.4, 0.5) is 5.82 Å². The molecule has 8 heteroatoms. The molecule has 0 saturated carbocycles. The van der Waals surface area contributed by atoms with Gasteiger partial charge in [-0.25, -0.2) is 0 Å². The third-order valence-electron chi connectivity index (χ3n) is 4.90. The van der Waals surface area contributed by atoms with Gasteiger partial charge in [0, 0.05) is 36.8 Å². The van der Waals surface area contributed by atoms with Crippen LogP contribution in [0.15, 0.2) is 18.2 Å². The zero-order chi connectivity index (χ0) is 18.5. The summed E-state index contributed by atoms with van der Waals surface area (Å²) >= 11 is 0. The van der Waals surface area contributed by atoms with Gasteiger partial charge in [-0.3, -0.25) is 10.00 Å². The normalized spacial score (nSPS) is 15.8. The zero-order valence-corrected chi connectivity index (χ0v) is 16.1. The number of nitrogens with one attached hydrogen (secondary N) is 1. The van der Waals surface area contributed by atoms with Crippen molar-refractivity contribution < 1.29 is 0 Å². The Balaban J connectivity index is 1.45. The molecule has 0 unspecified atom stereocenters. The summed E-state index contributed by atoms with van der Waals surface area (Å²) in [6.45, 7) is 11.2. The van der Waals surface area contributed by atoms with Crippen LogP contribution in [0, 0.1) is 6.92 Å². The Morgan fingerprint density at radius 1 is 1.23 bits per heavy atom. The first-order chi connectivity index (χ1) is 12.3. The number of rotatable bonds is 4. The van der Waals surface area contributed by atoms with Crippen molar-refractivity contribution in [2.75, 3.05) is 25.0 Å². The molecular weight excluding hydrogens is 328 g/mol. The summed E-state index contributed by atoms with van der Waals surface area (Å²) in [4.78, 5) is 4.65. The van der Waals surface area contributed by atoms with Crippen molar-refractivity contribution in [3.63, 3.8) is 0 Å². The fourth-order valence-corrected chi connectivity index (χ4v) is 3.28. The number of aromatic amines is 1. The molecule has 4 rings (SSSR count). The minimum Gasteiger partial charge on any atom is -0.352 e. The highest BCUT2D eigenvalue weighted by Gasteiger charge is 2.32. The van der Waals surface area contributed by atoms with Crippen molar-refractivity contribution in [2.45, 2.75) is 45.7 Å². The van der Waals surface area contributed by atoms with E-state index in [1.165, 1.54) is 0 Å². The summed E-state index contributed by atoms with van der Waals surface area (Å²) in [5, 5.41) is 20.7. The first-order valence-electron chi connectivity index (χ1n) is 9.00. The van der Waals surface area contributed by atoms with E-state index in [-0.39, 0.29) is 5.41 Å². The quantitative estimate of drug-likeness (QED) is 0.769. The molecule has 0 atom stereocenters. The first-order valence-corrected chi connectivity index (χ1v) is 9.00. The monoisotopic (exact) mass is 354 g/mol. The number of nitrogens with zero attached hydrogens (tertiary/aromatic N) is 7. The van der Waals surface area contributed by atoms with Crippen molar-refractivity contribution in [3.8, 4) is 0 Å². The van der Waals surface area contributed by atoms with Gasteiger partial charge < -0.3 is 4.90 Å². The fourth-order valence-electron chi connectivity index (χ4n) is 3.28. The molecule has 0 aliphatic carbocycles. The molecule has 1 saturated heterocycles. The summed E-state index contributed by atoms with van der Waals surface area (Å²) in [7, 11) is 2.15. The topological polar surface area (TPSA) is 78.2 Å². The predicted octanol–water partition coefficient (Wildman–Crippen LogP) is 1.77. The molecule has 3 aromatic heterocycles. The first kappa shape index (κ1) is 17.0. The van der Waals surface area contributed by atoms with Gasteiger partial charge in [0.2, 0.25) is 0 Å². The number of fused-ring (bicyclic) bond motifs is 1. The van der Waals surface area contributed by atoms with Gasteiger partial charge in [0.1, 0.15) is 5.82 Å². The number of hydrogen-bond acceptors (Lipinski definition) is 6. The number of aromatic nitrogens is 6. The van der Waals surface area contributed by atoms with Crippen molar-refractivity contribution in [1.82, 2.24) is 34.9 Å². The molecule has 1 aliphatic heterocycles. The van der Waals surface area contributed by atoms with Crippen LogP contribution in [0.5, 0.6) is 0 Å². The molecule has 0 amide bonds. The average molecular weight is 354 g/mol. The highest BCUT2D eigenvalue weighted by Crippen LogP contribution is 2.25. The Hall–Kier alpha value is -2.48. The smallest absolute Gasteiger partial charge is 0.178 e. The SMILES string of the molecule is Cc1cc(CN(C)C2CN(c3ccc4nnc(C(C)(C)C)n4n3)C2)n[nH]1. The van der Waals surface area contributed by atoms with E-state index < -0.39 is 0 Å². The summed E-state index contributed by atoms with van der Waals surface area (Å²) in [5.74, 6) is 1.86. The molecule has 3 aromatic rings. The lowest BCUT2D eigenvalue weighted by atomic mass is 9.96. The Bertz CT molecular complexity index is 913. The molecule has 26 heavy (non-hydrogen) atoms. The number of aryl methyl sites for hydroxylation is 1. The number of H-pyrrole nitrogens is 1. The molecule has 4 heterocycles. The van der Waals surface area contributed by atoms with Crippen molar-refractivity contribution in [1.29, 1.82) is 0 Å². The molecule has 0 bridgehead atoms. The second-order valence-electron chi connectivity index (χ2n) is 8.25. The minimum atomic E-state index is -0.0928. The Morgan fingerprint density at radius 3 is 2.65 bits per heavy atom. The molecular formula is C18H26N8. The number of anilines is 1. The molecule has 1 fully saturated rings. The van der Waals surface area contributed by atoms with Gasteiger partial charge in [0.25, 0.3) is 0 Å². The molecule has 8 nitrogen and oxygen atoms in total. The van der Waals surface area contributed by atoms with Crippen LogP contribution < -0.4 is 4.90 Å². The van der Waals surface area contributed by atoms with Crippen molar-refractivity contribution in [2.24, 2.45) is 0 Å². The lowest BCUT2D eigenvalue weighted by molar-refractivity contribution is 0.194. The second-order valence-corrected chi connectivity index (χ2v) is 8.25. The Kier molecular flexibility index (Phi) is 3.95. The van der Waals surface area contributed by atoms with Crippen LogP contribution in [0.2, 0.25) is 0 Å². The van der Waals surface area contributed by atoms with Crippen LogP contribution in [-0.4, -0.2) is 61.1 Å². The summed E-state index contributed by atoms with van der Waals surface area (Å²) in [5.41, 5.74) is 2.89. The third-order valence-corrected chi connectivity index (χ3v) is 4.90. The van der Waals surface area contributed by atoms with E-state index in [4.69, 9.17) is 5.10 Å². The van der Waals surface area contributed by atoms with Gasteiger partial charge in [-0.1, -0.05) is 20.8 Å². The maximum Gasteiger partial charge on any atom is 0.178 e. The van der Waals surface area contributed by atoms with E-state index in [0.717, 1.165) is 48.3 Å². The van der Waals surface area contributed by atoms with Gasteiger partial charge >= 0.3 is 0 Å². The van der Waals surface area contributed by atoms with E-state index >= 15 is 0 Å². The summed E-state index contributed by atoms with van der Waals surface area (Å²) in [6, 6.07) is 6.63. The summed E-state index contributed by atoms with van der Waals surface area (Å²) in [6.07, 6.45) is 0. The van der Waals surface area contributed by atoms with Crippen LogP contribution in [0.25, 0.3) is 5.65 Å². The lowest BCUT2D eigenvalue weighted by Gasteiger charge is -2.44. The van der Waals surface area contributed by atoms with Crippen LogP contribution in [0.1, 0.15) is 38.0 Å². The van der Waals surface area contributed by atoms with E-state index in [1.54, 1.807) is 0 Å². The molecule has 1 aliphatic rings. The molecule has 0 spiro atoms. The van der Waals surface area contributed by atoms with Gasteiger partial charge in [-0.2, -0.15) is 9.61 Å².